The number of nitrogens with zero attached hydrogens (tertiary/aromatic N) is 1. The van der Waals surface area contributed by atoms with Crippen LogP contribution in [0.3, 0.4) is 0 Å². The maximum atomic E-state index is 6.30. The van der Waals surface area contributed by atoms with E-state index in [0.717, 1.165) is 13.1 Å². The number of rotatable bonds is 4. The number of pyridine rings is 1. The fraction of sp³-hybridized carbons (Fsp3) is 0.688. The van der Waals surface area contributed by atoms with Crippen LogP contribution in [0.1, 0.15) is 49.7 Å². The number of nitrogens with one attached hydrogen (secondary N) is 1. The van der Waals surface area contributed by atoms with Crippen LogP contribution in [-0.2, 0) is 11.3 Å². The minimum atomic E-state index is 0.263. The van der Waals surface area contributed by atoms with Crippen molar-refractivity contribution in [1.29, 1.82) is 0 Å². The lowest BCUT2D eigenvalue weighted by Crippen LogP contribution is -2.30. The van der Waals surface area contributed by atoms with Crippen molar-refractivity contribution in [1.82, 2.24) is 10.3 Å². The van der Waals surface area contributed by atoms with Crippen LogP contribution in [0.5, 0.6) is 0 Å². The van der Waals surface area contributed by atoms with E-state index in [4.69, 9.17) is 4.74 Å². The summed E-state index contributed by atoms with van der Waals surface area (Å²) in [6, 6.07) is 2.09. The van der Waals surface area contributed by atoms with E-state index in [2.05, 4.69) is 23.3 Å². The highest BCUT2D eigenvalue weighted by molar-refractivity contribution is 5.21. The summed E-state index contributed by atoms with van der Waals surface area (Å²) in [4.78, 5) is 4.13. The Morgan fingerprint density at radius 3 is 3.00 bits per heavy atom. The summed E-state index contributed by atoms with van der Waals surface area (Å²) in [5.74, 6) is 0. The molecule has 0 bridgehead atoms. The molecule has 0 aromatic carbocycles. The van der Waals surface area contributed by atoms with Crippen molar-refractivity contribution in [3.63, 3.8) is 0 Å². The summed E-state index contributed by atoms with van der Waals surface area (Å²) in [6.45, 7) is 4.01. The molecule has 1 unspecified atom stereocenters. The molecule has 3 nitrogen and oxygen atoms in total. The summed E-state index contributed by atoms with van der Waals surface area (Å²) in [7, 11) is 0. The Labute approximate surface area is 115 Å². The summed E-state index contributed by atoms with van der Waals surface area (Å²) < 4.78 is 6.30. The van der Waals surface area contributed by atoms with E-state index < -0.39 is 0 Å². The van der Waals surface area contributed by atoms with Gasteiger partial charge in [-0.1, -0.05) is 12.8 Å². The Kier molecular flexibility index (Phi) is 3.85. The van der Waals surface area contributed by atoms with Crippen molar-refractivity contribution in [2.75, 3.05) is 6.54 Å². The molecule has 3 heteroatoms. The van der Waals surface area contributed by atoms with Crippen LogP contribution in [-0.4, -0.2) is 23.2 Å². The lowest BCUT2D eigenvalue weighted by atomic mass is 9.98. The summed E-state index contributed by atoms with van der Waals surface area (Å²) in [5.41, 5.74) is 2.86. The molecule has 1 aliphatic heterocycles. The van der Waals surface area contributed by atoms with Crippen LogP contribution in [0.25, 0.3) is 0 Å². The third kappa shape index (κ3) is 2.98. The van der Waals surface area contributed by atoms with Gasteiger partial charge in [0.25, 0.3) is 0 Å². The van der Waals surface area contributed by atoms with Crippen molar-refractivity contribution in [2.24, 2.45) is 0 Å². The Balaban J connectivity index is 1.45. The first kappa shape index (κ1) is 13.1. The highest BCUT2D eigenvalue weighted by Crippen LogP contribution is 2.43. The number of ether oxygens (including phenoxy) is 1. The van der Waals surface area contributed by atoms with Crippen LogP contribution >= 0.6 is 0 Å². The molecule has 2 aliphatic rings. The van der Waals surface area contributed by atoms with Crippen LogP contribution in [0.15, 0.2) is 18.5 Å². The van der Waals surface area contributed by atoms with Crippen molar-refractivity contribution in [3.8, 4) is 0 Å². The molecule has 0 radical (unpaired) electrons. The van der Waals surface area contributed by atoms with Gasteiger partial charge in [0.05, 0.1) is 11.7 Å². The molecule has 1 saturated carbocycles. The van der Waals surface area contributed by atoms with Gasteiger partial charge in [0.15, 0.2) is 0 Å². The average molecular weight is 260 g/mol. The molecule has 1 spiro atoms. The smallest absolute Gasteiger partial charge is 0.0708 e. The molecule has 19 heavy (non-hydrogen) atoms. The van der Waals surface area contributed by atoms with Gasteiger partial charge in [0.2, 0.25) is 0 Å². The van der Waals surface area contributed by atoms with E-state index in [9.17, 15) is 0 Å². The van der Waals surface area contributed by atoms with E-state index in [1.807, 2.05) is 12.4 Å². The maximum absolute atomic E-state index is 6.30. The van der Waals surface area contributed by atoms with E-state index in [1.165, 1.54) is 49.7 Å². The second-order valence-corrected chi connectivity index (χ2v) is 6.10. The van der Waals surface area contributed by atoms with Crippen LogP contribution in [0.2, 0.25) is 0 Å². The maximum Gasteiger partial charge on any atom is 0.0708 e. The van der Waals surface area contributed by atoms with Crippen LogP contribution in [0.4, 0.5) is 0 Å². The van der Waals surface area contributed by atoms with Gasteiger partial charge in [-0.2, -0.15) is 0 Å². The van der Waals surface area contributed by atoms with Crippen molar-refractivity contribution >= 4 is 0 Å². The zero-order chi connectivity index (χ0) is 13.1. The third-order valence-corrected chi connectivity index (χ3v) is 4.68. The Hall–Kier alpha value is -0.930. The molecule has 1 saturated heterocycles. The Morgan fingerprint density at radius 2 is 2.21 bits per heavy atom. The number of aryl methyl sites for hydroxylation is 1. The average Bonchev–Trinajstić information content (AvgIpc) is 3.03. The lowest BCUT2D eigenvalue weighted by molar-refractivity contribution is -0.0351. The fourth-order valence-corrected chi connectivity index (χ4v) is 3.49. The molecule has 1 aromatic rings. The monoisotopic (exact) mass is 260 g/mol. The van der Waals surface area contributed by atoms with E-state index in [0.29, 0.717) is 6.10 Å². The number of hydrogen-bond donors (Lipinski definition) is 1. The lowest BCUT2D eigenvalue weighted by Gasteiger charge is -2.24. The minimum Gasteiger partial charge on any atom is -0.370 e. The van der Waals surface area contributed by atoms with E-state index >= 15 is 0 Å². The topological polar surface area (TPSA) is 34.2 Å². The van der Waals surface area contributed by atoms with E-state index in [1.54, 1.807) is 0 Å². The zero-order valence-corrected chi connectivity index (χ0v) is 11.8. The standard InChI is InChI=1S/C16H24N2O/c1-13-10-17-9-5-14(13)11-18-12-15-4-8-16(19-15)6-2-3-7-16/h5,9-10,15,18H,2-4,6-8,11-12H2,1H3. The van der Waals surface area contributed by atoms with Gasteiger partial charge in [0, 0.05) is 25.5 Å². The predicted molar refractivity (Wildman–Crippen MR) is 76.0 cm³/mol. The third-order valence-electron chi connectivity index (χ3n) is 4.68. The van der Waals surface area contributed by atoms with Crippen molar-refractivity contribution < 1.29 is 4.74 Å². The molecule has 1 atom stereocenters. The van der Waals surface area contributed by atoms with Crippen LogP contribution in [0, 0.1) is 6.92 Å². The van der Waals surface area contributed by atoms with Gasteiger partial charge in [-0.05, 0) is 49.8 Å². The van der Waals surface area contributed by atoms with Gasteiger partial charge in [-0.15, -0.1) is 0 Å². The van der Waals surface area contributed by atoms with Gasteiger partial charge < -0.3 is 10.1 Å². The molecule has 3 rings (SSSR count). The van der Waals surface area contributed by atoms with Crippen LogP contribution < -0.4 is 5.32 Å². The molecule has 1 N–H and O–H groups in total. The quantitative estimate of drug-likeness (QED) is 0.903. The summed E-state index contributed by atoms with van der Waals surface area (Å²) in [5, 5.41) is 3.54. The number of aromatic nitrogens is 1. The summed E-state index contributed by atoms with van der Waals surface area (Å²) >= 11 is 0. The molecule has 0 amide bonds. The number of hydrogen-bond acceptors (Lipinski definition) is 3. The highest BCUT2D eigenvalue weighted by atomic mass is 16.5. The van der Waals surface area contributed by atoms with Gasteiger partial charge >= 0.3 is 0 Å². The molecular weight excluding hydrogens is 236 g/mol. The normalized spacial score (nSPS) is 25.2. The Morgan fingerprint density at radius 1 is 1.37 bits per heavy atom. The molecular formula is C16H24N2O. The second kappa shape index (κ2) is 5.59. The second-order valence-electron chi connectivity index (χ2n) is 6.10. The molecule has 1 aromatic heterocycles. The minimum absolute atomic E-state index is 0.263. The van der Waals surface area contributed by atoms with Gasteiger partial charge in [-0.25, -0.2) is 0 Å². The van der Waals surface area contributed by atoms with Crippen molar-refractivity contribution in [2.45, 2.75) is 63.7 Å². The predicted octanol–water partition coefficient (Wildman–Crippen LogP) is 2.97. The molecule has 104 valence electrons. The van der Waals surface area contributed by atoms with E-state index in [-0.39, 0.29) is 5.60 Å². The first-order chi connectivity index (χ1) is 9.27. The fourth-order valence-electron chi connectivity index (χ4n) is 3.49. The largest absolute Gasteiger partial charge is 0.370 e. The molecule has 2 fully saturated rings. The summed E-state index contributed by atoms with van der Waals surface area (Å²) in [6.07, 6.45) is 12.0. The molecule has 1 aliphatic carbocycles. The zero-order valence-electron chi connectivity index (χ0n) is 11.8. The highest BCUT2D eigenvalue weighted by Gasteiger charge is 2.41. The van der Waals surface area contributed by atoms with Crippen molar-refractivity contribution in [3.05, 3.63) is 29.6 Å². The SMILES string of the molecule is Cc1cnccc1CNCC1CCC2(CCCC2)O1. The Bertz CT molecular complexity index is 427. The molecule has 2 heterocycles. The van der Waals surface area contributed by atoms with Gasteiger partial charge in [-0.3, -0.25) is 4.98 Å². The first-order valence-electron chi connectivity index (χ1n) is 7.55. The first-order valence-corrected chi connectivity index (χ1v) is 7.55. The van der Waals surface area contributed by atoms with Gasteiger partial charge in [0.1, 0.15) is 0 Å².